The highest BCUT2D eigenvalue weighted by Gasteiger charge is 2.20. The molecule has 15 heavy (non-hydrogen) atoms. The highest BCUT2D eigenvalue weighted by atomic mass is 79.9. The van der Waals surface area contributed by atoms with Crippen molar-refractivity contribution in [1.82, 2.24) is 0 Å². The molecule has 1 nitrogen and oxygen atoms in total. The molecule has 0 unspecified atom stereocenters. The van der Waals surface area contributed by atoms with Gasteiger partial charge in [0.1, 0.15) is 5.75 Å². The first-order valence-electron chi connectivity index (χ1n) is 4.83. The molecule has 0 fully saturated rings. The number of methoxy groups -OCH3 is 1. The maximum absolute atomic E-state index is 5.84. The molecule has 0 aliphatic rings. The van der Waals surface area contributed by atoms with Crippen molar-refractivity contribution < 1.29 is 4.74 Å². The number of ether oxygens (including phenoxy) is 1. The minimum absolute atomic E-state index is 0.0682. The van der Waals surface area contributed by atoms with E-state index in [1.807, 2.05) is 6.07 Å². The van der Waals surface area contributed by atoms with Gasteiger partial charge in [0.15, 0.2) is 0 Å². The Balaban J connectivity index is 3.34. The van der Waals surface area contributed by atoms with Gasteiger partial charge in [-0.1, -0.05) is 36.7 Å². The summed E-state index contributed by atoms with van der Waals surface area (Å²) < 4.78 is 6.43. The molecule has 0 bridgehead atoms. The molecule has 0 amide bonds. The highest BCUT2D eigenvalue weighted by Crippen LogP contribution is 2.36. The van der Waals surface area contributed by atoms with Crippen molar-refractivity contribution in [3.8, 4) is 5.75 Å². The minimum atomic E-state index is 0.0682. The summed E-state index contributed by atoms with van der Waals surface area (Å²) in [6.07, 6.45) is 0. The van der Waals surface area contributed by atoms with Crippen molar-refractivity contribution in [2.24, 2.45) is 0 Å². The first-order valence-corrected chi connectivity index (χ1v) is 6.15. The largest absolute Gasteiger partial charge is 0.496 e. The van der Waals surface area contributed by atoms with Gasteiger partial charge in [0, 0.05) is 15.9 Å². The molecule has 0 saturated heterocycles. The second kappa shape index (κ2) is 4.75. The fourth-order valence-corrected chi connectivity index (χ4v) is 2.32. The highest BCUT2D eigenvalue weighted by molar-refractivity contribution is 9.10. The fourth-order valence-electron chi connectivity index (χ4n) is 1.45. The van der Waals surface area contributed by atoms with Gasteiger partial charge in [-0.05, 0) is 23.1 Å². The number of hydrogen-bond acceptors (Lipinski definition) is 1. The Morgan fingerprint density at radius 3 is 2.33 bits per heavy atom. The molecule has 0 saturated carbocycles. The zero-order valence-corrected chi connectivity index (χ0v) is 11.9. The summed E-state index contributed by atoms with van der Waals surface area (Å²) in [5.74, 6) is 1.39. The molecule has 84 valence electrons. The lowest BCUT2D eigenvalue weighted by molar-refractivity contribution is 0.397. The van der Waals surface area contributed by atoms with Gasteiger partial charge in [-0.3, -0.25) is 0 Å². The van der Waals surface area contributed by atoms with Gasteiger partial charge in [-0.15, -0.1) is 11.6 Å². The van der Waals surface area contributed by atoms with Crippen LogP contribution in [-0.4, -0.2) is 7.11 Å². The van der Waals surface area contributed by atoms with Crippen LogP contribution in [-0.2, 0) is 11.3 Å². The van der Waals surface area contributed by atoms with E-state index in [0.717, 1.165) is 15.8 Å². The summed E-state index contributed by atoms with van der Waals surface area (Å²) in [6.45, 7) is 6.49. The van der Waals surface area contributed by atoms with Crippen molar-refractivity contribution in [2.75, 3.05) is 7.11 Å². The van der Waals surface area contributed by atoms with E-state index in [1.165, 1.54) is 5.56 Å². The molecule has 3 heteroatoms. The van der Waals surface area contributed by atoms with Crippen LogP contribution in [0.2, 0.25) is 0 Å². The molecule has 0 heterocycles. The molecule has 0 aromatic heterocycles. The first-order chi connectivity index (χ1) is 6.90. The minimum Gasteiger partial charge on any atom is -0.496 e. The Morgan fingerprint density at radius 1 is 1.33 bits per heavy atom. The van der Waals surface area contributed by atoms with Crippen molar-refractivity contribution >= 4 is 27.5 Å². The van der Waals surface area contributed by atoms with Crippen LogP contribution in [0.15, 0.2) is 16.6 Å². The van der Waals surface area contributed by atoms with Crippen LogP contribution in [0.3, 0.4) is 0 Å². The van der Waals surface area contributed by atoms with Crippen molar-refractivity contribution in [1.29, 1.82) is 0 Å². The molecule has 0 aliphatic heterocycles. The van der Waals surface area contributed by atoms with Gasteiger partial charge in [0.25, 0.3) is 0 Å². The molecule has 0 atom stereocenters. The average Bonchev–Trinajstić information content (AvgIpc) is 2.16. The van der Waals surface area contributed by atoms with E-state index in [2.05, 4.69) is 42.8 Å². The average molecular weight is 292 g/mol. The van der Waals surface area contributed by atoms with Crippen LogP contribution in [0.25, 0.3) is 0 Å². The van der Waals surface area contributed by atoms with E-state index in [0.29, 0.717) is 5.88 Å². The van der Waals surface area contributed by atoms with Gasteiger partial charge in [-0.2, -0.15) is 0 Å². The number of alkyl halides is 1. The van der Waals surface area contributed by atoms with Gasteiger partial charge in [0.2, 0.25) is 0 Å². The van der Waals surface area contributed by atoms with Gasteiger partial charge in [0.05, 0.1) is 7.11 Å². The van der Waals surface area contributed by atoms with E-state index in [9.17, 15) is 0 Å². The Bertz CT molecular complexity index is 355. The molecule has 1 aromatic carbocycles. The van der Waals surface area contributed by atoms with Crippen LogP contribution < -0.4 is 4.74 Å². The summed E-state index contributed by atoms with van der Waals surface area (Å²) in [7, 11) is 1.69. The second-order valence-corrected chi connectivity index (χ2v) is 5.65. The Hall–Kier alpha value is -0.210. The fraction of sp³-hybridized carbons (Fsp3) is 0.500. The van der Waals surface area contributed by atoms with Crippen LogP contribution in [0.4, 0.5) is 0 Å². The molecule has 1 rings (SSSR count). The van der Waals surface area contributed by atoms with E-state index in [-0.39, 0.29) is 5.41 Å². The molecular formula is C12H16BrClO. The predicted molar refractivity (Wildman–Crippen MR) is 69.0 cm³/mol. The molecule has 1 aromatic rings. The lowest BCUT2D eigenvalue weighted by Gasteiger charge is -2.23. The Labute approximate surface area is 105 Å². The van der Waals surface area contributed by atoms with E-state index >= 15 is 0 Å². The molecule has 0 radical (unpaired) electrons. The number of rotatable bonds is 2. The monoisotopic (exact) mass is 290 g/mol. The summed E-state index contributed by atoms with van der Waals surface area (Å²) in [5, 5.41) is 0. The number of halogens is 2. The Morgan fingerprint density at radius 2 is 1.93 bits per heavy atom. The van der Waals surface area contributed by atoms with Crippen LogP contribution >= 0.6 is 27.5 Å². The van der Waals surface area contributed by atoms with E-state index < -0.39 is 0 Å². The summed E-state index contributed by atoms with van der Waals surface area (Å²) in [6, 6.07) is 4.09. The lowest BCUT2D eigenvalue weighted by atomic mass is 9.86. The molecule has 0 spiro atoms. The van der Waals surface area contributed by atoms with Gasteiger partial charge in [-0.25, -0.2) is 0 Å². The molecular weight excluding hydrogens is 275 g/mol. The normalized spacial score (nSPS) is 11.6. The van der Waals surface area contributed by atoms with Gasteiger partial charge >= 0.3 is 0 Å². The lowest BCUT2D eigenvalue weighted by Crippen LogP contribution is -2.13. The topological polar surface area (TPSA) is 9.23 Å². The summed E-state index contributed by atoms with van der Waals surface area (Å²) >= 11 is 9.37. The summed E-state index contributed by atoms with van der Waals surface area (Å²) in [4.78, 5) is 0. The third-order valence-corrected chi connectivity index (χ3v) is 3.35. The second-order valence-electron chi connectivity index (χ2n) is 4.53. The standard InChI is InChI=1S/C12H16BrClO/c1-12(2,3)9-6-10(13)8(7-14)5-11(9)15-4/h5-6H,7H2,1-4H3. The van der Waals surface area contributed by atoms with Crippen molar-refractivity contribution in [2.45, 2.75) is 32.1 Å². The van der Waals surface area contributed by atoms with Gasteiger partial charge < -0.3 is 4.74 Å². The Kier molecular flexibility index (Phi) is 4.07. The summed E-state index contributed by atoms with van der Waals surface area (Å²) in [5.41, 5.74) is 2.31. The molecule has 0 aliphatic carbocycles. The quantitative estimate of drug-likeness (QED) is 0.729. The van der Waals surface area contributed by atoms with E-state index in [4.69, 9.17) is 16.3 Å². The van der Waals surface area contributed by atoms with Crippen LogP contribution in [0, 0.1) is 0 Å². The zero-order valence-electron chi connectivity index (χ0n) is 9.53. The number of hydrogen-bond donors (Lipinski definition) is 0. The number of benzene rings is 1. The van der Waals surface area contributed by atoms with Crippen molar-refractivity contribution in [3.63, 3.8) is 0 Å². The van der Waals surface area contributed by atoms with E-state index in [1.54, 1.807) is 7.11 Å². The predicted octanol–water partition coefficient (Wildman–Crippen LogP) is 4.49. The zero-order chi connectivity index (χ0) is 11.6. The smallest absolute Gasteiger partial charge is 0.122 e. The third-order valence-electron chi connectivity index (χ3n) is 2.32. The maximum Gasteiger partial charge on any atom is 0.122 e. The molecule has 0 N–H and O–H groups in total. The van der Waals surface area contributed by atoms with Crippen LogP contribution in [0.1, 0.15) is 31.9 Å². The first kappa shape index (κ1) is 12.9. The maximum atomic E-state index is 5.84. The SMILES string of the molecule is COc1cc(CCl)c(Br)cc1C(C)(C)C. The van der Waals surface area contributed by atoms with Crippen molar-refractivity contribution in [3.05, 3.63) is 27.7 Å². The van der Waals surface area contributed by atoms with Crippen LogP contribution in [0.5, 0.6) is 5.75 Å². The third kappa shape index (κ3) is 2.88.